The maximum absolute atomic E-state index is 13.9. The number of hydrogen-bond acceptors (Lipinski definition) is 6. The van der Waals surface area contributed by atoms with Crippen LogP contribution in [0.15, 0.2) is 24.4 Å². The van der Waals surface area contributed by atoms with Crippen molar-refractivity contribution in [3.8, 4) is 0 Å². The number of nitrogens with one attached hydrogen (secondary N) is 3. The van der Waals surface area contributed by atoms with Crippen LogP contribution in [0.2, 0.25) is 0 Å². The summed E-state index contributed by atoms with van der Waals surface area (Å²) in [7, 11) is 0. The monoisotopic (exact) mass is 593 g/mol. The maximum Gasteiger partial charge on any atom is 0.471 e. The molecule has 2 fully saturated rings. The molecular weight excluding hydrogens is 559 g/mol. The van der Waals surface area contributed by atoms with E-state index in [1.165, 1.54) is 31.9 Å². The van der Waals surface area contributed by atoms with Gasteiger partial charge in [0.2, 0.25) is 23.6 Å². The zero-order chi connectivity index (χ0) is 30.7. The maximum atomic E-state index is 13.9. The van der Waals surface area contributed by atoms with E-state index in [4.69, 9.17) is 5.73 Å². The van der Waals surface area contributed by atoms with Gasteiger partial charge in [-0.2, -0.15) is 18.3 Å². The van der Waals surface area contributed by atoms with E-state index in [1.54, 1.807) is 10.7 Å². The van der Waals surface area contributed by atoms with Crippen LogP contribution in [0.3, 0.4) is 0 Å². The summed E-state index contributed by atoms with van der Waals surface area (Å²) in [6, 6.07) is -2.34. The largest absolute Gasteiger partial charge is 0.471 e. The molecule has 1 saturated carbocycles. The molecule has 228 valence electrons. The lowest BCUT2D eigenvalue weighted by Crippen LogP contribution is -2.61. The van der Waals surface area contributed by atoms with Crippen LogP contribution in [-0.4, -0.2) is 75.1 Å². The number of rotatable bonds is 7. The lowest BCUT2D eigenvalue weighted by atomic mass is 9.81. The Morgan fingerprint density at radius 2 is 1.81 bits per heavy atom. The molecule has 1 aromatic rings. The summed E-state index contributed by atoms with van der Waals surface area (Å²) in [5.41, 5.74) is 4.51. The fourth-order valence-electron chi connectivity index (χ4n) is 6.88. The molecule has 0 radical (unpaired) electrons. The summed E-state index contributed by atoms with van der Waals surface area (Å²) >= 11 is 0. The number of halogens is 3. The molecule has 0 spiro atoms. The van der Waals surface area contributed by atoms with E-state index < -0.39 is 59.3 Å². The Labute approximate surface area is 239 Å². The number of fused-ring (bicyclic) bond motifs is 6. The van der Waals surface area contributed by atoms with Crippen LogP contribution < -0.4 is 21.7 Å². The molecule has 0 aromatic carbocycles. The third-order valence-electron chi connectivity index (χ3n) is 8.91. The minimum absolute atomic E-state index is 0.0409. The van der Waals surface area contributed by atoms with Gasteiger partial charge in [0.1, 0.15) is 23.9 Å². The number of likely N-dealkylation sites (tertiary alicyclic amines) is 1. The molecule has 15 heteroatoms. The summed E-state index contributed by atoms with van der Waals surface area (Å²) in [5.74, 6) is -5.65. The second-order valence-electron chi connectivity index (χ2n) is 12.7. The van der Waals surface area contributed by atoms with Crippen LogP contribution in [-0.2, 0) is 30.5 Å². The van der Waals surface area contributed by atoms with Crippen LogP contribution in [0, 0.1) is 35.0 Å². The average molecular weight is 594 g/mol. The lowest BCUT2D eigenvalue weighted by molar-refractivity contribution is -0.176. The third-order valence-corrected chi connectivity index (χ3v) is 8.91. The third kappa shape index (κ3) is 5.36. The number of carbonyl (C=O) groups is 5. The second kappa shape index (κ2) is 10.4. The van der Waals surface area contributed by atoms with Gasteiger partial charge >= 0.3 is 12.1 Å². The van der Waals surface area contributed by atoms with E-state index in [2.05, 4.69) is 15.7 Å². The molecule has 1 unspecified atom stereocenters. The lowest BCUT2D eigenvalue weighted by Gasteiger charge is -2.37. The van der Waals surface area contributed by atoms with Gasteiger partial charge in [-0.15, -0.1) is 0 Å². The summed E-state index contributed by atoms with van der Waals surface area (Å²) < 4.78 is 41.0. The zero-order valence-corrected chi connectivity index (χ0v) is 23.4. The summed E-state index contributed by atoms with van der Waals surface area (Å²) in [4.78, 5) is 66.0. The quantitative estimate of drug-likeness (QED) is 0.337. The fourth-order valence-corrected chi connectivity index (χ4v) is 6.88. The minimum Gasteiger partial charge on any atom is -0.368 e. The number of nitrogens with zero attached hydrogens (tertiary/aromatic N) is 3. The molecule has 5 N–H and O–H groups in total. The molecule has 5 amide bonds. The molecule has 3 heterocycles. The predicted octanol–water partition coefficient (Wildman–Crippen LogP) is 0.554. The molecule has 2 aliphatic carbocycles. The average Bonchev–Trinajstić information content (AvgIpc) is 3.66. The molecule has 8 atom stereocenters. The van der Waals surface area contributed by atoms with Crippen LogP contribution in [0.5, 0.6) is 0 Å². The molecule has 2 aliphatic heterocycles. The van der Waals surface area contributed by atoms with Crippen molar-refractivity contribution in [2.45, 2.75) is 64.5 Å². The highest BCUT2D eigenvalue weighted by Gasteiger charge is 2.59. The Morgan fingerprint density at radius 1 is 1.12 bits per heavy atom. The summed E-state index contributed by atoms with van der Waals surface area (Å²) in [6.45, 7) is 4.83. The molecular formula is C27H34F3N7O5. The number of alkyl halides is 3. The summed E-state index contributed by atoms with van der Waals surface area (Å²) in [6.07, 6.45) is 0.966. The Kier molecular flexibility index (Phi) is 7.34. The molecule has 5 rings (SSSR count). The Bertz CT molecular complexity index is 1340. The number of allylic oxidation sites excluding steroid dienone is 2. The standard InChI is InChI=1S/C27H34F3N7O5/c1-26(2,3)20(35-25(42)27(28,29)30)24(41)36-11-15-12-4-5-13(8-12)18(15)19(36)23(40)33-16(21(31)38)9-14-10-37-17(6-7-32-37)34-22(14)39/h4-7,12-16,18-20H,8-11H2,1-3H3,(H2,31,38)(H,33,40)(H,34,39)(H,35,42)/t12-,13+,14?,15-,16+,18+,19+,20-/m1/s1. The van der Waals surface area contributed by atoms with Crippen LogP contribution >= 0.6 is 0 Å². The van der Waals surface area contributed by atoms with Crippen molar-refractivity contribution < 1.29 is 37.1 Å². The topological polar surface area (TPSA) is 169 Å². The van der Waals surface area contributed by atoms with Crippen LogP contribution in [0.4, 0.5) is 19.0 Å². The van der Waals surface area contributed by atoms with Crippen molar-refractivity contribution in [3.63, 3.8) is 0 Å². The van der Waals surface area contributed by atoms with Crippen LogP contribution in [0.25, 0.3) is 0 Å². The van der Waals surface area contributed by atoms with Crippen molar-refractivity contribution in [3.05, 3.63) is 24.4 Å². The highest BCUT2D eigenvalue weighted by Crippen LogP contribution is 2.54. The SMILES string of the molecule is CC(C)(C)[C@H](NC(=O)C(F)(F)F)C(=O)N1C[C@H]2[C@@H]([C@H]1C(=O)N[C@@H](CC1Cn3nccc3NC1=O)C(N)=O)[C@H]1C=C[C@@H]2C1. The molecule has 42 heavy (non-hydrogen) atoms. The fraction of sp³-hybridized carbons (Fsp3) is 0.630. The van der Waals surface area contributed by atoms with Gasteiger partial charge in [-0.1, -0.05) is 32.9 Å². The van der Waals surface area contributed by atoms with Gasteiger partial charge in [0.05, 0.1) is 18.7 Å². The summed E-state index contributed by atoms with van der Waals surface area (Å²) in [5, 5.41) is 11.3. The molecule has 12 nitrogen and oxygen atoms in total. The number of anilines is 1. The Hall–Kier alpha value is -3.91. The van der Waals surface area contributed by atoms with Crippen molar-refractivity contribution in [2.24, 2.45) is 40.7 Å². The van der Waals surface area contributed by atoms with E-state index >= 15 is 0 Å². The number of amides is 5. The predicted molar refractivity (Wildman–Crippen MR) is 141 cm³/mol. The highest BCUT2D eigenvalue weighted by atomic mass is 19.4. The van der Waals surface area contributed by atoms with Gasteiger partial charge in [-0.3, -0.25) is 24.0 Å². The number of hydrogen-bond donors (Lipinski definition) is 4. The first-order chi connectivity index (χ1) is 19.6. The molecule has 1 saturated heterocycles. The molecule has 1 aromatic heterocycles. The second-order valence-corrected chi connectivity index (χ2v) is 12.7. The number of nitrogens with two attached hydrogens (primary N) is 1. The molecule has 4 aliphatic rings. The number of carbonyl (C=O) groups excluding carboxylic acids is 5. The molecule has 2 bridgehead atoms. The van der Waals surface area contributed by atoms with E-state index in [1.807, 2.05) is 17.5 Å². The zero-order valence-electron chi connectivity index (χ0n) is 23.4. The number of primary amides is 1. The van der Waals surface area contributed by atoms with Gasteiger partial charge in [0, 0.05) is 12.6 Å². The first-order valence-corrected chi connectivity index (χ1v) is 13.8. The minimum atomic E-state index is -5.21. The van der Waals surface area contributed by atoms with Gasteiger partial charge in [-0.05, 0) is 41.9 Å². The highest BCUT2D eigenvalue weighted by molar-refractivity contribution is 5.97. The normalized spacial score (nSPS) is 29.4. The van der Waals surface area contributed by atoms with Crippen molar-refractivity contribution in [1.29, 1.82) is 0 Å². The Morgan fingerprint density at radius 3 is 2.45 bits per heavy atom. The smallest absolute Gasteiger partial charge is 0.368 e. The van der Waals surface area contributed by atoms with Crippen molar-refractivity contribution in [2.75, 3.05) is 11.9 Å². The van der Waals surface area contributed by atoms with E-state index in [9.17, 15) is 37.1 Å². The van der Waals surface area contributed by atoms with Crippen molar-refractivity contribution in [1.82, 2.24) is 25.3 Å². The van der Waals surface area contributed by atoms with Crippen molar-refractivity contribution >= 4 is 35.4 Å². The van der Waals surface area contributed by atoms with Crippen LogP contribution in [0.1, 0.15) is 33.6 Å². The number of aromatic nitrogens is 2. The van der Waals surface area contributed by atoms with Gasteiger partial charge < -0.3 is 26.6 Å². The van der Waals surface area contributed by atoms with Gasteiger partial charge in [0.25, 0.3) is 0 Å². The Balaban J connectivity index is 1.39. The van der Waals surface area contributed by atoms with E-state index in [0.717, 1.165) is 6.42 Å². The van der Waals surface area contributed by atoms with E-state index in [-0.39, 0.29) is 49.1 Å². The first-order valence-electron chi connectivity index (χ1n) is 13.8. The van der Waals surface area contributed by atoms with Gasteiger partial charge in [-0.25, -0.2) is 4.68 Å². The first kappa shape index (κ1) is 29.6. The van der Waals surface area contributed by atoms with Gasteiger partial charge in [0.15, 0.2) is 0 Å². The van der Waals surface area contributed by atoms with E-state index in [0.29, 0.717) is 5.82 Å².